The molecule has 2 amide bonds. The van der Waals surface area contributed by atoms with Gasteiger partial charge in [0.25, 0.3) is 11.8 Å². The summed E-state index contributed by atoms with van der Waals surface area (Å²) in [7, 11) is -4.15. The van der Waals surface area contributed by atoms with Crippen molar-refractivity contribution in [1.82, 2.24) is 4.90 Å². The van der Waals surface area contributed by atoms with E-state index in [4.69, 9.17) is 11.6 Å². The van der Waals surface area contributed by atoms with Gasteiger partial charge in [0.15, 0.2) is 0 Å². The van der Waals surface area contributed by atoms with Crippen molar-refractivity contribution < 1.29 is 36.3 Å². The lowest BCUT2D eigenvalue weighted by Gasteiger charge is -2.26. The first kappa shape index (κ1) is 26.3. The summed E-state index contributed by atoms with van der Waals surface area (Å²) >= 11 is 7.74. The molecule has 0 bridgehead atoms. The molecule has 0 saturated carbocycles. The first-order chi connectivity index (χ1) is 15.7. The molecule has 3 rings (SSSR count). The molecule has 13 heteroatoms. The Morgan fingerprint density at radius 1 is 1.09 bits per heavy atom. The smallest absolute Gasteiger partial charge is 0.373 e. The van der Waals surface area contributed by atoms with Crippen LogP contribution in [0.2, 0.25) is 5.02 Å². The number of hydrogen-bond acceptors (Lipinski definition) is 6. The van der Waals surface area contributed by atoms with Gasteiger partial charge < -0.3 is 15.3 Å². The average Bonchev–Trinajstić information content (AvgIpc) is 2.79. The predicted molar refractivity (Wildman–Crippen MR) is 122 cm³/mol. The quantitative estimate of drug-likeness (QED) is 0.605. The maximum absolute atomic E-state index is 13.1. The molecule has 34 heavy (non-hydrogen) atoms. The number of nitrogens with zero attached hydrogens (tertiary/aromatic N) is 1. The van der Waals surface area contributed by atoms with E-state index in [-0.39, 0.29) is 38.9 Å². The van der Waals surface area contributed by atoms with Gasteiger partial charge >= 0.3 is 6.18 Å². The predicted octanol–water partition coefficient (Wildman–Crippen LogP) is 3.61. The van der Waals surface area contributed by atoms with E-state index >= 15 is 0 Å². The number of anilines is 1. The Kier molecular flexibility index (Phi) is 7.56. The lowest BCUT2D eigenvalue weighted by atomic mass is 10.1. The van der Waals surface area contributed by atoms with E-state index < -0.39 is 27.5 Å². The van der Waals surface area contributed by atoms with Gasteiger partial charge in [0.2, 0.25) is 15.4 Å². The topological polar surface area (TPSA) is 104 Å². The summed E-state index contributed by atoms with van der Waals surface area (Å²) in [6, 6.07) is 8.54. The second-order valence-electron chi connectivity index (χ2n) is 7.60. The Morgan fingerprint density at radius 3 is 2.29 bits per heavy atom. The van der Waals surface area contributed by atoms with Gasteiger partial charge in [0, 0.05) is 30.2 Å². The highest BCUT2D eigenvalue weighted by Crippen LogP contribution is 2.33. The molecule has 2 N–H and O–H groups in total. The van der Waals surface area contributed by atoms with Crippen LogP contribution in [0.3, 0.4) is 0 Å². The fraction of sp³-hybridized carbons (Fsp3) is 0.333. The number of alkyl halides is 3. The maximum atomic E-state index is 13.1. The van der Waals surface area contributed by atoms with E-state index in [0.29, 0.717) is 13.1 Å². The van der Waals surface area contributed by atoms with Crippen molar-refractivity contribution in [3.05, 3.63) is 53.1 Å². The third-order valence-electron chi connectivity index (χ3n) is 5.18. The molecular formula is C21H20ClF3N2O5S2. The first-order valence-corrected chi connectivity index (χ1v) is 12.9. The Balaban J connectivity index is 1.85. The van der Waals surface area contributed by atoms with Gasteiger partial charge in [-0.3, -0.25) is 9.59 Å². The van der Waals surface area contributed by atoms with Crippen LogP contribution in [-0.4, -0.2) is 66.6 Å². The van der Waals surface area contributed by atoms with Crippen molar-refractivity contribution in [3.63, 3.8) is 0 Å². The number of rotatable bonds is 5. The number of amides is 2. The molecular weight excluding hydrogens is 517 g/mol. The number of benzene rings is 2. The highest BCUT2D eigenvalue weighted by atomic mass is 35.5. The van der Waals surface area contributed by atoms with Crippen LogP contribution < -0.4 is 5.32 Å². The molecule has 184 valence electrons. The normalized spacial score (nSPS) is 16.6. The Morgan fingerprint density at radius 2 is 1.71 bits per heavy atom. The minimum absolute atomic E-state index is 0.169. The molecule has 2 aromatic carbocycles. The number of carbonyl (C=O) groups excluding carboxylic acids is 2. The van der Waals surface area contributed by atoms with Crippen molar-refractivity contribution in [3.8, 4) is 0 Å². The zero-order chi connectivity index (χ0) is 25.3. The highest BCUT2D eigenvalue weighted by Gasteiger charge is 2.55. The molecule has 1 saturated heterocycles. The molecule has 1 aliphatic heterocycles. The van der Waals surface area contributed by atoms with Crippen LogP contribution >= 0.6 is 23.4 Å². The van der Waals surface area contributed by atoms with Crippen molar-refractivity contribution in [2.24, 2.45) is 0 Å². The molecule has 1 unspecified atom stereocenters. The summed E-state index contributed by atoms with van der Waals surface area (Å²) in [6.07, 6.45) is -5.23. The largest absolute Gasteiger partial charge is 0.426 e. The summed E-state index contributed by atoms with van der Waals surface area (Å²) in [6.45, 7) is 1.40. The fourth-order valence-electron chi connectivity index (χ4n) is 3.02. The third-order valence-corrected chi connectivity index (χ3v) is 8.19. The summed E-state index contributed by atoms with van der Waals surface area (Å²) in [5.41, 5.74) is -3.79. The SMILES string of the molecule is CC(O)(C(=O)Nc1ccc(S(=O)(=O)c2cccc(C(=O)N3CCSCC3)c2)cc1Cl)C(F)(F)F. The van der Waals surface area contributed by atoms with Crippen LogP contribution in [0.4, 0.5) is 18.9 Å². The molecule has 0 aliphatic carbocycles. The standard InChI is InChI=1S/C21H20ClF3N2O5S2/c1-20(30,21(23,24)25)19(29)26-17-6-5-15(12-16(17)22)34(31,32)14-4-2-3-13(11-14)18(28)27-7-9-33-10-8-27/h2-6,11-12,30H,7-10H2,1H3,(H,26,29). The Labute approximate surface area is 203 Å². The molecule has 1 heterocycles. The fourth-order valence-corrected chi connectivity index (χ4v) is 5.55. The van der Waals surface area contributed by atoms with Crippen LogP contribution in [0.15, 0.2) is 52.3 Å². The van der Waals surface area contributed by atoms with Crippen LogP contribution in [0.5, 0.6) is 0 Å². The number of thioether (sulfide) groups is 1. The number of aliphatic hydroxyl groups is 1. The van der Waals surface area contributed by atoms with Crippen molar-refractivity contribution >= 4 is 50.7 Å². The molecule has 2 aromatic rings. The minimum Gasteiger partial charge on any atom is -0.373 e. The van der Waals surface area contributed by atoms with E-state index in [0.717, 1.165) is 29.7 Å². The monoisotopic (exact) mass is 536 g/mol. The molecule has 1 atom stereocenters. The lowest BCUT2D eigenvalue weighted by Crippen LogP contribution is -2.52. The third kappa shape index (κ3) is 5.35. The van der Waals surface area contributed by atoms with Crippen molar-refractivity contribution in [2.45, 2.75) is 28.5 Å². The summed E-state index contributed by atoms with van der Waals surface area (Å²) in [5, 5.41) is 11.0. The number of nitrogens with one attached hydrogen (secondary N) is 1. The molecule has 0 spiro atoms. The summed E-state index contributed by atoms with van der Waals surface area (Å²) in [4.78, 5) is 25.8. The van der Waals surface area contributed by atoms with E-state index in [9.17, 15) is 36.3 Å². The number of carbonyl (C=O) groups is 2. The lowest BCUT2D eigenvalue weighted by molar-refractivity contribution is -0.242. The second kappa shape index (κ2) is 9.76. The van der Waals surface area contributed by atoms with Gasteiger partial charge in [-0.15, -0.1) is 0 Å². The van der Waals surface area contributed by atoms with Crippen LogP contribution in [0.25, 0.3) is 0 Å². The van der Waals surface area contributed by atoms with E-state index in [1.54, 1.807) is 16.7 Å². The van der Waals surface area contributed by atoms with E-state index in [1.165, 1.54) is 24.3 Å². The van der Waals surface area contributed by atoms with Gasteiger partial charge in [-0.2, -0.15) is 24.9 Å². The number of halogens is 4. The van der Waals surface area contributed by atoms with E-state index in [1.807, 2.05) is 5.32 Å². The van der Waals surface area contributed by atoms with E-state index in [2.05, 4.69) is 0 Å². The number of hydrogen-bond donors (Lipinski definition) is 2. The molecule has 0 radical (unpaired) electrons. The summed E-state index contributed by atoms with van der Waals surface area (Å²) in [5.74, 6) is -0.475. The summed E-state index contributed by atoms with van der Waals surface area (Å²) < 4.78 is 64.8. The Bertz CT molecular complexity index is 1210. The second-order valence-corrected chi connectivity index (χ2v) is 11.2. The molecule has 1 fully saturated rings. The molecule has 1 aliphatic rings. The van der Waals surface area contributed by atoms with Gasteiger partial charge in [-0.25, -0.2) is 8.42 Å². The minimum atomic E-state index is -5.23. The van der Waals surface area contributed by atoms with Gasteiger partial charge in [0.1, 0.15) is 0 Å². The zero-order valence-corrected chi connectivity index (χ0v) is 20.1. The molecule has 0 aromatic heterocycles. The Hall–Kier alpha value is -2.28. The van der Waals surface area contributed by atoms with Crippen LogP contribution in [0.1, 0.15) is 17.3 Å². The zero-order valence-electron chi connectivity index (χ0n) is 17.7. The van der Waals surface area contributed by atoms with Gasteiger partial charge in [-0.05, 0) is 43.3 Å². The maximum Gasteiger partial charge on any atom is 0.426 e. The number of sulfone groups is 1. The van der Waals surface area contributed by atoms with Crippen LogP contribution in [-0.2, 0) is 14.6 Å². The highest BCUT2D eigenvalue weighted by molar-refractivity contribution is 7.99. The van der Waals surface area contributed by atoms with Crippen molar-refractivity contribution in [2.75, 3.05) is 29.9 Å². The van der Waals surface area contributed by atoms with Gasteiger partial charge in [-0.1, -0.05) is 17.7 Å². The van der Waals surface area contributed by atoms with Crippen LogP contribution in [0, 0.1) is 0 Å². The van der Waals surface area contributed by atoms with Crippen molar-refractivity contribution in [1.29, 1.82) is 0 Å². The average molecular weight is 537 g/mol. The molecule has 7 nitrogen and oxygen atoms in total. The van der Waals surface area contributed by atoms with Gasteiger partial charge in [0.05, 0.1) is 20.5 Å². The first-order valence-electron chi connectivity index (χ1n) is 9.87.